The van der Waals surface area contributed by atoms with Crippen LogP contribution in [0.4, 0.5) is 5.82 Å². The largest absolute Gasteiger partial charge is 0.508 e. The fourth-order valence-corrected chi connectivity index (χ4v) is 4.12. The Balaban J connectivity index is 1.44. The van der Waals surface area contributed by atoms with Gasteiger partial charge in [0.25, 0.3) is 0 Å². The van der Waals surface area contributed by atoms with E-state index in [1.807, 2.05) is 42.5 Å². The first kappa shape index (κ1) is 24.7. The maximum absolute atomic E-state index is 9.99. The molecule has 1 aliphatic rings. The van der Waals surface area contributed by atoms with Gasteiger partial charge in [-0.25, -0.2) is 9.97 Å². The van der Waals surface area contributed by atoms with Crippen molar-refractivity contribution in [1.29, 1.82) is 0 Å². The van der Waals surface area contributed by atoms with E-state index in [9.17, 15) is 5.11 Å². The van der Waals surface area contributed by atoms with Crippen LogP contribution >= 0.6 is 0 Å². The van der Waals surface area contributed by atoms with Gasteiger partial charge in [-0.1, -0.05) is 32.1 Å². The van der Waals surface area contributed by atoms with Crippen LogP contribution in [0.1, 0.15) is 44.5 Å². The van der Waals surface area contributed by atoms with Crippen LogP contribution in [0.2, 0.25) is 0 Å². The van der Waals surface area contributed by atoms with Gasteiger partial charge in [-0.3, -0.25) is 9.89 Å². The van der Waals surface area contributed by atoms with Crippen molar-refractivity contribution in [2.75, 3.05) is 31.6 Å². The molecular weight excluding hydrogens is 438 g/mol. The molecule has 2 atom stereocenters. The van der Waals surface area contributed by atoms with Gasteiger partial charge in [-0.15, -0.1) is 0 Å². The number of rotatable bonds is 13. The summed E-state index contributed by atoms with van der Waals surface area (Å²) >= 11 is 0. The number of aromatic hydroxyl groups is 1. The molecule has 0 bridgehead atoms. The first-order valence-corrected chi connectivity index (χ1v) is 12.4. The second-order valence-electron chi connectivity index (χ2n) is 8.95. The topological polar surface area (TPSA) is 82.9 Å². The summed E-state index contributed by atoms with van der Waals surface area (Å²) in [4.78, 5) is 15.6. The van der Waals surface area contributed by atoms with Gasteiger partial charge in [0.15, 0.2) is 5.82 Å². The fourth-order valence-electron chi connectivity index (χ4n) is 4.12. The molecular formula is C28H35N5O2. The lowest BCUT2D eigenvalue weighted by Gasteiger charge is -2.17. The van der Waals surface area contributed by atoms with Crippen molar-refractivity contribution in [3.05, 3.63) is 53.9 Å². The van der Waals surface area contributed by atoms with Crippen molar-refractivity contribution in [3.8, 4) is 11.5 Å². The molecule has 0 saturated heterocycles. The zero-order valence-electron chi connectivity index (χ0n) is 20.7. The van der Waals surface area contributed by atoms with Crippen LogP contribution in [0.25, 0.3) is 23.1 Å². The smallest absolute Gasteiger partial charge is 0.154 e. The summed E-state index contributed by atoms with van der Waals surface area (Å²) in [6.45, 7) is 11.2. The van der Waals surface area contributed by atoms with E-state index in [1.165, 1.54) is 6.42 Å². The number of hydrogen-bond acceptors (Lipinski definition) is 7. The minimum absolute atomic E-state index is 0.195. The van der Waals surface area contributed by atoms with E-state index in [2.05, 4.69) is 40.8 Å². The highest BCUT2D eigenvalue weighted by Crippen LogP contribution is 2.37. The predicted molar refractivity (Wildman–Crippen MR) is 144 cm³/mol. The lowest BCUT2D eigenvalue weighted by atomic mass is 10.2. The first-order valence-electron chi connectivity index (χ1n) is 12.4. The van der Waals surface area contributed by atoms with E-state index in [0.717, 1.165) is 54.7 Å². The molecule has 4 rings (SSSR count). The summed E-state index contributed by atoms with van der Waals surface area (Å²) in [5.41, 5.74) is 1.84. The van der Waals surface area contributed by atoms with Gasteiger partial charge in [0.2, 0.25) is 0 Å². The Bertz CT molecular complexity index is 1160. The number of aliphatic imine (C=N–C) groups is 1. The maximum Gasteiger partial charge on any atom is 0.154 e. The predicted octanol–water partition coefficient (Wildman–Crippen LogP) is 5.47. The summed E-state index contributed by atoms with van der Waals surface area (Å²) in [5, 5.41) is 14.2. The molecule has 0 amide bonds. The zero-order chi connectivity index (χ0) is 24.6. The van der Waals surface area contributed by atoms with Gasteiger partial charge >= 0.3 is 0 Å². The molecule has 1 aromatic heterocycles. The number of aromatic nitrogens is 2. The molecule has 1 aliphatic carbocycles. The normalized spacial score (nSPS) is 17.2. The molecule has 3 aromatic rings. The van der Waals surface area contributed by atoms with Gasteiger partial charge in [0.05, 0.1) is 12.2 Å². The van der Waals surface area contributed by atoms with Gasteiger partial charge < -0.3 is 15.2 Å². The van der Waals surface area contributed by atoms with Crippen molar-refractivity contribution >= 4 is 35.6 Å². The third-order valence-corrected chi connectivity index (χ3v) is 6.36. The standard InChI is InChI=1S/C28H35N5O2/c1-4-21-17-26(21)35-23-11-7-20(8-12-23)9-14-27-31-25-13-10-22(34)18-24(25)28(32-27)30-15-6-16-33(5-2)19-29-3/h7-14,18,21,26,34H,3-6,15-17,19H2,1-2H3,(H,30,31,32). The molecule has 2 unspecified atom stereocenters. The number of nitrogens with one attached hydrogen (secondary N) is 1. The first-order chi connectivity index (χ1) is 17.1. The lowest BCUT2D eigenvalue weighted by molar-refractivity contribution is 0.283. The van der Waals surface area contributed by atoms with Crippen molar-refractivity contribution in [1.82, 2.24) is 14.9 Å². The summed E-state index contributed by atoms with van der Waals surface area (Å²) in [5.74, 6) is 3.15. The van der Waals surface area contributed by atoms with E-state index in [1.54, 1.807) is 12.1 Å². The Kier molecular flexibility index (Phi) is 8.32. The Morgan fingerprint density at radius 3 is 2.71 bits per heavy atom. The number of nitrogens with zero attached hydrogens (tertiary/aromatic N) is 4. The van der Waals surface area contributed by atoms with Crippen LogP contribution in [0.15, 0.2) is 47.5 Å². The second-order valence-corrected chi connectivity index (χ2v) is 8.95. The average molecular weight is 474 g/mol. The molecule has 7 heteroatoms. The minimum Gasteiger partial charge on any atom is -0.508 e. The number of ether oxygens (including phenoxy) is 1. The number of anilines is 1. The molecule has 7 nitrogen and oxygen atoms in total. The van der Waals surface area contributed by atoms with Gasteiger partial charge in [0, 0.05) is 18.5 Å². The molecule has 1 heterocycles. The van der Waals surface area contributed by atoms with Crippen LogP contribution in [0.5, 0.6) is 11.5 Å². The number of hydrogen-bond donors (Lipinski definition) is 2. The molecule has 0 aliphatic heterocycles. The Hall–Kier alpha value is -3.45. The summed E-state index contributed by atoms with van der Waals surface area (Å²) in [6.07, 6.45) is 7.57. The summed E-state index contributed by atoms with van der Waals surface area (Å²) in [6, 6.07) is 13.3. The van der Waals surface area contributed by atoms with Crippen LogP contribution in [-0.2, 0) is 0 Å². The molecule has 1 saturated carbocycles. The summed E-state index contributed by atoms with van der Waals surface area (Å²) in [7, 11) is 0. The third-order valence-electron chi connectivity index (χ3n) is 6.36. The lowest BCUT2D eigenvalue weighted by Crippen LogP contribution is -2.26. The van der Waals surface area contributed by atoms with Crippen LogP contribution < -0.4 is 10.1 Å². The molecule has 2 aromatic carbocycles. The highest BCUT2D eigenvalue weighted by atomic mass is 16.5. The van der Waals surface area contributed by atoms with Crippen molar-refractivity contribution in [2.45, 2.75) is 39.2 Å². The zero-order valence-corrected chi connectivity index (χ0v) is 20.7. The fraction of sp³-hybridized carbons (Fsp3) is 0.393. The van der Waals surface area contributed by atoms with E-state index < -0.39 is 0 Å². The molecule has 2 N–H and O–H groups in total. The third kappa shape index (κ3) is 6.79. The molecule has 35 heavy (non-hydrogen) atoms. The van der Waals surface area contributed by atoms with E-state index in [4.69, 9.17) is 9.72 Å². The molecule has 0 spiro atoms. The maximum atomic E-state index is 9.99. The van der Waals surface area contributed by atoms with Crippen LogP contribution in [0, 0.1) is 5.92 Å². The number of benzene rings is 2. The summed E-state index contributed by atoms with van der Waals surface area (Å²) < 4.78 is 6.01. The second kappa shape index (κ2) is 11.8. The van der Waals surface area contributed by atoms with E-state index in [-0.39, 0.29) is 5.75 Å². The van der Waals surface area contributed by atoms with Crippen LogP contribution in [-0.4, -0.2) is 59.1 Å². The van der Waals surface area contributed by atoms with Crippen molar-refractivity contribution in [2.24, 2.45) is 10.9 Å². The number of phenols is 1. The Morgan fingerprint density at radius 2 is 2.00 bits per heavy atom. The highest BCUT2D eigenvalue weighted by Gasteiger charge is 2.37. The minimum atomic E-state index is 0.195. The van der Waals surface area contributed by atoms with E-state index >= 15 is 0 Å². The Labute approximate surface area is 207 Å². The van der Waals surface area contributed by atoms with Gasteiger partial charge in [0.1, 0.15) is 23.4 Å². The monoisotopic (exact) mass is 473 g/mol. The number of fused-ring (bicyclic) bond motifs is 1. The van der Waals surface area contributed by atoms with Crippen molar-refractivity contribution < 1.29 is 9.84 Å². The van der Waals surface area contributed by atoms with Crippen molar-refractivity contribution in [3.63, 3.8) is 0 Å². The Morgan fingerprint density at radius 1 is 1.17 bits per heavy atom. The quantitative estimate of drug-likeness (QED) is 0.253. The average Bonchev–Trinajstić information content (AvgIpc) is 3.63. The van der Waals surface area contributed by atoms with E-state index in [0.29, 0.717) is 30.3 Å². The van der Waals surface area contributed by atoms with Gasteiger partial charge in [-0.2, -0.15) is 0 Å². The molecule has 184 valence electrons. The molecule has 1 fully saturated rings. The highest BCUT2D eigenvalue weighted by molar-refractivity contribution is 5.91. The SMILES string of the molecule is C=NCN(CC)CCCNc1nc(C=Cc2ccc(OC3CC3CC)cc2)nc2ccc(O)cc12. The molecule has 0 radical (unpaired) electrons. The number of phenolic OH excluding ortho intramolecular Hbond substituents is 1. The van der Waals surface area contributed by atoms with Crippen LogP contribution in [0.3, 0.4) is 0 Å². The van der Waals surface area contributed by atoms with Gasteiger partial charge in [-0.05, 0) is 80.4 Å².